The third kappa shape index (κ3) is 5.07. The molecule has 1 atom stereocenters. The van der Waals surface area contributed by atoms with E-state index in [-0.39, 0.29) is 11.2 Å². The van der Waals surface area contributed by atoms with Gasteiger partial charge in [0.25, 0.3) is 0 Å². The molecule has 1 amide bonds. The molecule has 0 aliphatic carbocycles. The van der Waals surface area contributed by atoms with E-state index in [2.05, 4.69) is 31.3 Å². The molecule has 0 spiro atoms. The molecule has 0 radical (unpaired) electrons. The fourth-order valence-corrected chi connectivity index (χ4v) is 5.64. The summed E-state index contributed by atoms with van der Waals surface area (Å²) in [7, 11) is 0. The summed E-state index contributed by atoms with van der Waals surface area (Å²) in [6.07, 6.45) is 0.722. The Bertz CT molecular complexity index is 1590. The van der Waals surface area contributed by atoms with Gasteiger partial charge in [-0.3, -0.25) is 4.79 Å². The number of thioether (sulfide) groups is 1. The first-order valence-electron chi connectivity index (χ1n) is 12.8. The molecule has 6 nitrogen and oxygen atoms in total. The summed E-state index contributed by atoms with van der Waals surface area (Å²) in [5.74, 6) is 0.546. The molecular formula is C31H31N5OS. The van der Waals surface area contributed by atoms with Crippen molar-refractivity contribution in [1.29, 1.82) is 0 Å². The van der Waals surface area contributed by atoms with Crippen LogP contribution in [0.3, 0.4) is 0 Å². The zero-order chi connectivity index (χ0) is 26.8. The maximum Gasteiger partial charge on any atom is 0.237 e. The first-order chi connectivity index (χ1) is 18.4. The van der Waals surface area contributed by atoms with Gasteiger partial charge in [-0.1, -0.05) is 84.9 Å². The second-order valence-corrected chi connectivity index (χ2v) is 10.8. The largest absolute Gasteiger partial charge is 0.325 e. The van der Waals surface area contributed by atoms with Gasteiger partial charge in [-0.15, -0.1) is 0 Å². The number of carbonyl (C=O) groups excluding carboxylic acids is 1. The second kappa shape index (κ2) is 10.8. The number of para-hydroxylation sites is 1. The van der Waals surface area contributed by atoms with E-state index in [1.807, 2.05) is 86.1 Å². The normalized spacial score (nSPS) is 12.0. The predicted octanol–water partition coefficient (Wildman–Crippen LogP) is 7.09. The Labute approximate surface area is 227 Å². The summed E-state index contributed by atoms with van der Waals surface area (Å²) < 4.78 is 1.89. The summed E-state index contributed by atoms with van der Waals surface area (Å²) in [6.45, 7) is 10.1. The molecule has 1 unspecified atom stereocenters. The van der Waals surface area contributed by atoms with Gasteiger partial charge in [0, 0.05) is 11.3 Å². The van der Waals surface area contributed by atoms with E-state index in [4.69, 9.17) is 15.1 Å². The maximum atomic E-state index is 13.4. The second-order valence-electron chi connectivity index (χ2n) is 9.49. The van der Waals surface area contributed by atoms with Gasteiger partial charge in [0.1, 0.15) is 5.03 Å². The molecule has 5 aromatic rings. The van der Waals surface area contributed by atoms with E-state index in [1.54, 1.807) is 0 Å². The zero-order valence-corrected chi connectivity index (χ0v) is 23.1. The molecule has 192 valence electrons. The molecule has 0 saturated heterocycles. The highest BCUT2D eigenvalue weighted by molar-refractivity contribution is 8.00. The van der Waals surface area contributed by atoms with Crippen molar-refractivity contribution in [3.8, 4) is 17.1 Å². The lowest BCUT2D eigenvalue weighted by atomic mass is 10.1. The van der Waals surface area contributed by atoms with Crippen LogP contribution in [-0.4, -0.2) is 30.9 Å². The molecule has 38 heavy (non-hydrogen) atoms. The Morgan fingerprint density at radius 3 is 2.21 bits per heavy atom. The Balaban J connectivity index is 1.59. The van der Waals surface area contributed by atoms with Gasteiger partial charge in [-0.2, -0.15) is 5.10 Å². The minimum atomic E-state index is -0.387. The summed E-state index contributed by atoms with van der Waals surface area (Å²) in [5.41, 5.74) is 7.66. The zero-order valence-electron chi connectivity index (χ0n) is 22.3. The van der Waals surface area contributed by atoms with Crippen LogP contribution in [0.4, 0.5) is 5.69 Å². The molecule has 7 heteroatoms. The van der Waals surface area contributed by atoms with Crippen LogP contribution in [0.1, 0.15) is 36.2 Å². The number of fused-ring (bicyclic) bond motifs is 1. The molecule has 0 aliphatic heterocycles. The molecular weight excluding hydrogens is 490 g/mol. The molecule has 2 heterocycles. The first kappa shape index (κ1) is 25.7. The Hall–Kier alpha value is -3.97. The van der Waals surface area contributed by atoms with Crippen LogP contribution in [0.15, 0.2) is 77.8 Å². The van der Waals surface area contributed by atoms with E-state index in [1.165, 1.54) is 17.3 Å². The van der Waals surface area contributed by atoms with Crippen molar-refractivity contribution in [1.82, 2.24) is 19.7 Å². The maximum absolute atomic E-state index is 13.4. The van der Waals surface area contributed by atoms with Crippen molar-refractivity contribution in [3.05, 3.63) is 95.2 Å². The molecule has 1 N–H and O–H groups in total. The molecule has 0 aliphatic rings. The van der Waals surface area contributed by atoms with E-state index in [0.29, 0.717) is 5.82 Å². The average molecular weight is 522 g/mol. The van der Waals surface area contributed by atoms with E-state index in [9.17, 15) is 4.79 Å². The third-order valence-corrected chi connectivity index (χ3v) is 7.60. The van der Waals surface area contributed by atoms with Crippen LogP contribution in [0.25, 0.3) is 28.1 Å². The molecule has 0 fully saturated rings. The highest BCUT2D eigenvalue weighted by Gasteiger charge is 2.24. The highest BCUT2D eigenvalue weighted by atomic mass is 32.2. The Morgan fingerprint density at radius 2 is 1.58 bits per heavy atom. The number of carbonyl (C=O) groups is 1. The number of benzene rings is 3. The SMILES string of the molecule is CCc1nn(-c2ccccc2)c2nc(-c3ccccc3)nc(SC(C)C(=O)Nc3c(C)cc(C)cc3C)c12. The van der Waals surface area contributed by atoms with Crippen LogP contribution in [0, 0.1) is 20.8 Å². The lowest BCUT2D eigenvalue weighted by Gasteiger charge is -2.16. The monoisotopic (exact) mass is 521 g/mol. The number of hydrogen-bond acceptors (Lipinski definition) is 5. The van der Waals surface area contributed by atoms with Gasteiger partial charge >= 0.3 is 0 Å². The highest BCUT2D eigenvalue weighted by Crippen LogP contribution is 2.35. The van der Waals surface area contributed by atoms with Crippen LogP contribution in [0.5, 0.6) is 0 Å². The summed E-state index contributed by atoms with van der Waals surface area (Å²) in [4.78, 5) is 23.3. The molecule has 3 aromatic carbocycles. The summed E-state index contributed by atoms with van der Waals surface area (Å²) in [5, 5.41) is 9.34. The van der Waals surface area contributed by atoms with Crippen molar-refractivity contribution >= 4 is 34.4 Å². The van der Waals surface area contributed by atoms with Crippen LogP contribution >= 0.6 is 11.8 Å². The lowest BCUT2D eigenvalue weighted by Crippen LogP contribution is -2.23. The van der Waals surface area contributed by atoms with Gasteiger partial charge < -0.3 is 5.32 Å². The standard InChI is InChI=1S/C31H31N5OS/c1-6-25-26-29(36(35-25)24-15-11-8-12-16-24)33-28(23-13-9-7-10-14-23)34-31(26)38-22(5)30(37)32-27-20(3)17-19(2)18-21(27)4/h7-18,22H,6H2,1-5H3,(H,32,37). The quantitative estimate of drug-likeness (QED) is 0.183. The van der Waals surface area contributed by atoms with E-state index < -0.39 is 0 Å². The van der Waals surface area contributed by atoms with Gasteiger partial charge in [0.05, 0.1) is 22.0 Å². The van der Waals surface area contributed by atoms with Crippen molar-refractivity contribution in [3.63, 3.8) is 0 Å². The summed E-state index contributed by atoms with van der Waals surface area (Å²) in [6, 6.07) is 24.1. The predicted molar refractivity (Wildman–Crippen MR) is 156 cm³/mol. The number of aromatic nitrogens is 4. The fourth-order valence-electron chi connectivity index (χ4n) is 4.67. The minimum Gasteiger partial charge on any atom is -0.325 e. The smallest absolute Gasteiger partial charge is 0.237 e. The van der Waals surface area contributed by atoms with Gasteiger partial charge in [-0.25, -0.2) is 14.6 Å². The number of aryl methyl sites for hydroxylation is 4. The van der Waals surface area contributed by atoms with Crippen LogP contribution in [-0.2, 0) is 11.2 Å². The number of nitrogens with one attached hydrogen (secondary N) is 1. The number of hydrogen-bond donors (Lipinski definition) is 1. The number of amides is 1. The third-order valence-electron chi connectivity index (χ3n) is 6.52. The topological polar surface area (TPSA) is 72.7 Å². The number of nitrogens with zero attached hydrogens (tertiary/aromatic N) is 4. The van der Waals surface area contributed by atoms with Crippen molar-refractivity contribution in [2.24, 2.45) is 0 Å². The van der Waals surface area contributed by atoms with Gasteiger partial charge in [0.2, 0.25) is 5.91 Å². The van der Waals surface area contributed by atoms with Crippen molar-refractivity contribution in [2.75, 3.05) is 5.32 Å². The van der Waals surface area contributed by atoms with Crippen LogP contribution < -0.4 is 5.32 Å². The molecule has 0 saturated carbocycles. The molecule has 5 rings (SSSR count). The first-order valence-corrected chi connectivity index (χ1v) is 13.7. The Kier molecular flexibility index (Phi) is 7.29. The fraction of sp³-hybridized carbons (Fsp3) is 0.226. The van der Waals surface area contributed by atoms with E-state index in [0.717, 1.165) is 56.2 Å². The minimum absolute atomic E-state index is 0.0634. The lowest BCUT2D eigenvalue weighted by molar-refractivity contribution is -0.115. The van der Waals surface area contributed by atoms with Gasteiger partial charge in [0.15, 0.2) is 11.5 Å². The number of rotatable bonds is 7. The van der Waals surface area contributed by atoms with E-state index >= 15 is 0 Å². The van der Waals surface area contributed by atoms with Gasteiger partial charge in [-0.05, 0) is 57.4 Å². The molecule has 0 bridgehead atoms. The average Bonchev–Trinajstić information content (AvgIpc) is 3.30. The molecule has 2 aromatic heterocycles. The van der Waals surface area contributed by atoms with Crippen molar-refractivity contribution in [2.45, 2.75) is 51.3 Å². The van der Waals surface area contributed by atoms with Crippen molar-refractivity contribution < 1.29 is 4.79 Å². The Morgan fingerprint density at radius 1 is 0.947 bits per heavy atom. The van der Waals surface area contributed by atoms with Crippen LogP contribution in [0.2, 0.25) is 0 Å². The number of anilines is 1. The summed E-state index contributed by atoms with van der Waals surface area (Å²) >= 11 is 1.45.